The lowest BCUT2D eigenvalue weighted by molar-refractivity contribution is -0.132. The van der Waals surface area contributed by atoms with Gasteiger partial charge in [-0.3, -0.25) is 10.0 Å². The normalized spacial score (nSPS) is 16.8. The highest BCUT2D eigenvalue weighted by Gasteiger charge is 2.52. The van der Waals surface area contributed by atoms with Crippen LogP contribution in [0.1, 0.15) is 97.8 Å². The first-order chi connectivity index (χ1) is 13.9. The third kappa shape index (κ3) is 7.19. The summed E-state index contributed by atoms with van der Waals surface area (Å²) in [5.74, 6) is -0.817. The van der Waals surface area contributed by atoms with Crippen molar-refractivity contribution in [3.63, 3.8) is 0 Å². The van der Waals surface area contributed by atoms with E-state index >= 15 is 0 Å². The van der Waals surface area contributed by atoms with Crippen molar-refractivity contribution in [2.75, 3.05) is 19.7 Å². The summed E-state index contributed by atoms with van der Waals surface area (Å²) in [6.45, 7) is 7.36. The second-order valence-corrected chi connectivity index (χ2v) is 10.4. The Morgan fingerprint density at radius 1 is 1.00 bits per heavy atom. The Bertz CT molecular complexity index is 553. The Morgan fingerprint density at radius 2 is 1.55 bits per heavy atom. The van der Waals surface area contributed by atoms with Gasteiger partial charge in [-0.15, -0.1) is 0 Å². The van der Waals surface area contributed by atoms with E-state index in [1.165, 1.54) is 36.4 Å². The molecular formula is C21H42N2O5S. The van der Waals surface area contributed by atoms with Crippen molar-refractivity contribution in [1.29, 1.82) is 0 Å². The van der Waals surface area contributed by atoms with Gasteiger partial charge in [0.1, 0.15) is 0 Å². The summed E-state index contributed by atoms with van der Waals surface area (Å²) in [6, 6.07) is 0. The first-order valence-electron chi connectivity index (χ1n) is 11.4. The summed E-state index contributed by atoms with van der Waals surface area (Å²) in [6.07, 6.45) is 10.2. The number of hydroxylamine groups is 1. The number of rotatable bonds is 15. The lowest BCUT2D eigenvalue weighted by Crippen LogP contribution is -2.58. The molecule has 0 aromatic carbocycles. The fraction of sp³-hybridized carbons (Fsp3) is 0.952. The fourth-order valence-corrected chi connectivity index (χ4v) is 6.65. The number of unbranched alkanes of at least 4 members (excludes halogenated alkanes) is 5. The van der Waals surface area contributed by atoms with Gasteiger partial charge >= 0.3 is 0 Å². The van der Waals surface area contributed by atoms with Gasteiger partial charge in [0.05, 0.1) is 6.10 Å². The van der Waals surface area contributed by atoms with Gasteiger partial charge in [-0.25, -0.2) is 18.2 Å². The minimum atomic E-state index is -3.88. The highest BCUT2D eigenvalue weighted by molar-refractivity contribution is 7.91. The Kier molecular flexibility index (Phi) is 12.3. The minimum absolute atomic E-state index is 0.0792. The number of carbonyl (C=O) groups is 1. The van der Waals surface area contributed by atoms with Crippen LogP contribution in [-0.2, 0) is 19.6 Å². The number of nitrogens with zero attached hydrogens (tertiary/aromatic N) is 1. The van der Waals surface area contributed by atoms with E-state index in [0.717, 1.165) is 13.0 Å². The zero-order chi connectivity index (χ0) is 21.8. The van der Waals surface area contributed by atoms with Crippen molar-refractivity contribution in [3.8, 4) is 0 Å². The molecule has 29 heavy (non-hydrogen) atoms. The van der Waals surface area contributed by atoms with Crippen molar-refractivity contribution in [1.82, 2.24) is 9.79 Å². The van der Waals surface area contributed by atoms with Gasteiger partial charge in [0.2, 0.25) is 10.0 Å². The summed E-state index contributed by atoms with van der Waals surface area (Å²) in [5.41, 5.74) is 1.61. The Labute approximate surface area is 177 Å². The molecule has 0 aromatic heterocycles. The largest absolute Gasteiger partial charge is 0.378 e. The standard InChI is InChI=1S/C21H42N2O5S/c1-4-7-8-9-10-11-18-28-19-12-16-23(17-13-19)29(26,27)21(14-5-2,15-6-3)20(24)22-25/h19,25H,4-18H2,1-3H3,(H,22,24). The highest BCUT2D eigenvalue weighted by atomic mass is 32.2. The average Bonchev–Trinajstić information content (AvgIpc) is 2.72. The molecule has 0 unspecified atom stereocenters. The van der Waals surface area contributed by atoms with Gasteiger partial charge in [-0.2, -0.15) is 0 Å². The third-order valence-corrected chi connectivity index (χ3v) is 8.54. The first kappa shape index (κ1) is 26.3. The van der Waals surface area contributed by atoms with Crippen LogP contribution in [0.5, 0.6) is 0 Å². The maximum absolute atomic E-state index is 13.4. The molecule has 8 heteroatoms. The van der Waals surface area contributed by atoms with Crippen LogP contribution in [0.4, 0.5) is 0 Å². The summed E-state index contributed by atoms with van der Waals surface area (Å²) >= 11 is 0. The molecule has 1 fully saturated rings. The lowest BCUT2D eigenvalue weighted by Gasteiger charge is -2.39. The van der Waals surface area contributed by atoms with E-state index in [2.05, 4.69) is 6.92 Å². The smallest absolute Gasteiger partial charge is 0.266 e. The molecule has 0 aliphatic carbocycles. The molecular weight excluding hydrogens is 392 g/mol. The molecule has 172 valence electrons. The number of hydrogen-bond acceptors (Lipinski definition) is 5. The van der Waals surface area contributed by atoms with E-state index in [0.29, 0.717) is 38.8 Å². The molecule has 0 saturated carbocycles. The zero-order valence-electron chi connectivity index (χ0n) is 18.6. The van der Waals surface area contributed by atoms with Crippen molar-refractivity contribution < 1.29 is 23.2 Å². The summed E-state index contributed by atoms with van der Waals surface area (Å²) < 4.78 is 32.6. The van der Waals surface area contributed by atoms with Crippen LogP contribution in [0.15, 0.2) is 0 Å². The predicted octanol–water partition coefficient (Wildman–Crippen LogP) is 4.00. The SMILES string of the molecule is CCCCCCCCOC1CCN(S(=O)(=O)C(CCC)(CCC)C(=O)NO)CC1. The van der Waals surface area contributed by atoms with Crippen LogP contribution in [-0.4, -0.2) is 54.4 Å². The number of piperidine rings is 1. The second kappa shape index (κ2) is 13.6. The molecule has 1 aliphatic rings. The highest BCUT2D eigenvalue weighted by Crippen LogP contribution is 2.34. The number of hydrogen-bond donors (Lipinski definition) is 2. The number of ether oxygens (including phenoxy) is 1. The lowest BCUT2D eigenvalue weighted by atomic mass is 9.96. The molecule has 1 saturated heterocycles. The number of carbonyl (C=O) groups excluding carboxylic acids is 1. The Balaban J connectivity index is 2.61. The van der Waals surface area contributed by atoms with Crippen molar-refractivity contribution >= 4 is 15.9 Å². The van der Waals surface area contributed by atoms with Crippen LogP contribution in [0.3, 0.4) is 0 Å². The van der Waals surface area contributed by atoms with E-state index < -0.39 is 20.7 Å². The Morgan fingerprint density at radius 3 is 2.07 bits per heavy atom. The maximum Gasteiger partial charge on any atom is 0.266 e. The molecule has 0 bridgehead atoms. The molecule has 0 aromatic rings. The van der Waals surface area contributed by atoms with Gasteiger partial charge < -0.3 is 4.74 Å². The summed E-state index contributed by atoms with van der Waals surface area (Å²) in [4.78, 5) is 12.4. The number of nitrogens with one attached hydrogen (secondary N) is 1. The number of amides is 1. The van der Waals surface area contributed by atoms with Crippen LogP contribution < -0.4 is 5.48 Å². The van der Waals surface area contributed by atoms with Crippen molar-refractivity contribution in [2.45, 2.75) is 109 Å². The van der Waals surface area contributed by atoms with Gasteiger partial charge in [-0.05, 0) is 32.1 Å². The Hall–Kier alpha value is -0.700. The second-order valence-electron chi connectivity index (χ2n) is 8.18. The van der Waals surface area contributed by atoms with E-state index in [4.69, 9.17) is 4.74 Å². The molecule has 7 nitrogen and oxygen atoms in total. The van der Waals surface area contributed by atoms with E-state index in [9.17, 15) is 18.4 Å². The molecule has 0 spiro atoms. The van der Waals surface area contributed by atoms with E-state index in [1.807, 2.05) is 13.8 Å². The summed E-state index contributed by atoms with van der Waals surface area (Å²) in [5, 5.41) is 9.21. The van der Waals surface area contributed by atoms with Crippen molar-refractivity contribution in [2.24, 2.45) is 0 Å². The van der Waals surface area contributed by atoms with Crippen LogP contribution in [0.25, 0.3) is 0 Å². The first-order valence-corrected chi connectivity index (χ1v) is 12.9. The molecule has 1 rings (SSSR count). The van der Waals surface area contributed by atoms with Gasteiger partial charge in [0.15, 0.2) is 4.75 Å². The number of sulfonamides is 1. The predicted molar refractivity (Wildman–Crippen MR) is 115 cm³/mol. The molecule has 0 atom stereocenters. The quantitative estimate of drug-likeness (QED) is 0.231. The maximum atomic E-state index is 13.4. The molecule has 0 radical (unpaired) electrons. The van der Waals surface area contributed by atoms with Crippen LogP contribution >= 0.6 is 0 Å². The molecule has 2 N–H and O–H groups in total. The van der Waals surface area contributed by atoms with Crippen LogP contribution in [0.2, 0.25) is 0 Å². The van der Waals surface area contributed by atoms with Crippen molar-refractivity contribution in [3.05, 3.63) is 0 Å². The zero-order valence-corrected chi connectivity index (χ0v) is 19.4. The summed E-state index contributed by atoms with van der Waals surface area (Å²) in [7, 11) is -3.88. The third-order valence-electron chi connectivity index (χ3n) is 5.91. The fourth-order valence-electron chi connectivity index (χ4n) is 4.26. The monoisotopic (exact) mass is 434 g/mol. The topological polar surface area (TPSA) is 95.9 Å². The van der Waals surface area contributed by atoms with E-state index in [1.54, 1.807) is 5.48 Å². The average molecular weight is 435 g/mol. The van der Waals surface area contributed by atoms with Gasteiger partial charge in [-0.1, -0.05) is 65.7 Å². The minimum Gasteiger partial charge on any atom is -0.378 e. The van der Waals surface area contributed by atoms with Gasteiger partial charge in [0, 0.05) is 19.7 Å². The molecule has 1 aliphatic heterocycles. The van der Waals surface area contributed by atoms with Crippen LogP contribution in [0, 0.1) is 0 Å². The molecule has 1 heterocycles. The molecule has 1 amide bonds. The van der Waals surface area contributed by atoms with Gasteiger partial charge in [0.25, 0.3) is 5.91 Å². The van der Waals surface area contributed by atoms with E-state index in [-0.39, 0.29) is 18.9 Å².